The van der Waals surface area contributed by atoms with Gasteiger partial charge in [-0.05, 0) is 38.0 Å². The summed E-state index contributed by atoms with van der Waals surface area (Å²) in [6.45, 7) is 7.14. The number of rotatable bonds is 7. The Morgan fingerprint density at radius 2 is 1.71 bits per heavy atom. The predicted molar refractivity (Wildman–Crippen MR) is 121 cm³/mol. The molecule has 0 aliphatic rings. The number of fused-ring (bicyclic) bond motifs is 3. The molecule has 8 nitrogen and oxygen atoms in total. The first kappa shape index (κ1) is 21.0. The molecule has 0 unspecified atom stereocenters. The molecule has 31 heavy (non-hydrogen) atoms. The molecule has 0 N–H and O–H groups in total. The molecule has 1 aromatic carbocycles. The van der Waals surface area contributed by atoms with Crippen molar-refractivity contribution in [3.05, 3.63) is 62.1 Å². The fourth-order valence-corrected chi connectivity index (χ4v) is 4.13. The number of hydrogen-bond acceptors (Lipinski definition) is 4. The summed E-state index contributed by atoms with van der Waals surface area (Å²) >= 11 is 0. The zero-order valence-corrected chi connectivity index (χ0v) is 18.8. The Kier molecular flexibility index (Phi) is 5.47. The topological polar surface area (TPSA) is 75.5 Å². The SMILES string of the molecule is CCCCCn1c(=O)c2c(nc3n(Cc4ccc(OC)cc4)c(C)c(C)n23)n(C)c1=O. The number of nitrogens with zero attached hydrogens (tertiary/aromatic N) is 5. The van der Waals surface area contributed by atoms with E-state index in [-0.39, 0.29) is 11.2 Å². The fraction of sp³-hybridized carbons (Fsp3) is 0.435. The van der Waals surface area contributed by atoms with Crippen LogP contribution in [0.3, 0.4) is 0 Å². The van der Waals surface area contributed by atoms with Gasteiger partial charge in [0.1, 0.15) is 5.75 Å². The molecule has 4 rings (SSSR count). The molecular weight excluding hydrogens is 394 g/mol. The van der Waals surface area contributed by atoms with Gasteiger partial charge in [-0.3, -0.25) is 18.3 Å². The van der Waals surface area contributed by atoms with Gasteiger partial charge >= 0.3 is 5.69 Å². The Labute approximate surface area is 180 Å². The number of aromatic nitrogens is 5. The Morgan fingerprint density at radius 1 is 1.00 bits per heavy atom. The maximum Gasteiger partial charge on any atom is 0.332 e. The average Bonchev–Trinajstić information content (AvgIpc) is 3.27. The largest absolute Gasteiger partial charge is 0.497 e. The highest BCUT2D eigenvalue weighted by Crippen LogP contribution is 2.22. The van der Waals surface area contributed by atoms with Crippen molar-refractivity contribution in [1.82, 2.24) is 23.1 Å². The molecule has 0 saturated heterocycles. The van der Waals surface area contributed by atoms with Crippen LogP contribution in [0.5, 0.6) is 5.75 Å². The molecule has 4 aromatic rings. The number of aryl methyl sites for hydroxylation is 2. The molecule has 0 atom stereocenters. The Morgan fingerprint density at radius 3 is 2.35 bits per heavy atom. The van der Waals surface area contributed by atoms with E-state index in [2.05, 4.69) is 11.5 Å². The summed E-state index contributed by atoms with van der Waals surface area (Å²) in [4.78, 5) is 30.9. The molecule has 164 valence electrons. The van der Waals surface area contributed by atoms with Gasteiger partial charge in [-0.15, -0.1) is 0 Å². The molecule has 0 radical (unpaired) electrons. The van der Waals surface area contributed by atoms with Crippen molar-refractivity contribution < 1.29 is 4.74 Å². The van der Waals surface area contributed by atoms with Gasteiger partial charge < -0.3 is 9.30 Å². The first-order chi connectivity index (χ1) is 14.9. The number of benzene rings is 1. The zero-order valence-electron chi connectivity index (χ0n) is 18.8. The second-order valence-corrected chi connectivity index (χ2v) is 8.03. The summed E-state index contributed by atoms with van der Waals surface area (Å²) < 4.78 is 12.1. The van der Waals surface area contributed by atoms with E-state index in [0.717, 1.165) is 42.0 Å². The maximum absolute atomic E-state index is 13.3. The highest BCUT2D eigenvalue weighted by Gasteiger charge is 2.22. The lowest BCUT2D eigenvalue weighted by molar-refractivity contribution is 0.414. The van der Waals surface area contributed by atoms with Gasteiger partial charge in [0, 0.05) is 25.0 Å². The van der Waals surface area contributed by atoms with Gasteiger partial charge in [-0.25, -0.2) is 4.79 Å². The van der Waals surface area contributed by atoms with Crippen molar-refractivity contribution >= 4 is 16.9 Å². The molecule has 0 fully saturated rings. The van der Waals surface area contributed by atoms with Crippen LogP contribution in [-0.4, -0.2) is 30.2 Å². The van der Waals surface area contributed by atoms with Crippen molar-refractivity contribution in [1.29, 1.82) is 0 Å². The van der Waals surface area contributed by atoms with Gasteiger partial charge in [0.2, 0.25) is 5.78 Å². The third kappa shape index (κ3) is 3.36. The van der Waals surface area contributed by atoms with Gasteiger partial charge in [0.05, 0.1) is 13.7 Å². The molecule has 3 heterocycles. The van der Waals surface area contributed by atoms with Crippen molar-refractivity contribution in [2.24, 2.45) is 7.05 Å². The van der Waals surface area contributed by atoms with E-state index in [0.29, 0.717) is 30.0 Å². The average molecular weight is 424 g/mol. The minimum Gasteiger partial charge on any atom is -0.497 e. The third-order valence-corrected chi connectivity index (χ3v) is 6.11. The Hall–Kier alpha value is -3.29. The lowest BCUT2D eigenvalue weighted by atomic mass is 10.2. The normalized spacial score (nSPS) is 11.6. The fourth-order valence-electron chi connectivity index (χ4n) is 4.13. The number of ether oxygens (including phenoxy) is 1. The predicted octanol–water partition coefficient (Wildman–Crippen LogP) is 3.01. The summed E-state index contributed by atoms with van der Waals surface area (Å²) in [6.07, 6.45) is 2.81. The number of unbranched alkanes of at least 4 members (excludes halogenated alkanes) is 2. The second-order valence-electron chi connectivity index (χ2n) is 8.03. The van der Waals surface area contributed by atoms with E-state index < -0.39 is 0 Å². The van der Waals surface area contributed by atoms with Crippen molar-refractivity contribution in [3.8, 4) is 5.75 Å². The van der Waals surface area contributed by atoms with E-state index in [1.165, 1.54) is 9.13 Å². The van der Waals surface area contributed by atoms with Crippen LogP contribution in [0, 0.1) is 13.8 Å². The Balaban J connectivity index is 1.91. The highest BCUT2D eigenvalue weighted by atomic mass is 16.5. The first-order valence-electron chi connectivity index (χ1n) is 10.7. The summed E-state index contributed by atoms with van der Waals surface area (Å²) in [5.74, 6) is 1.47. The van der Waals surface area contributed by atoms with E-state index in [1.54, 1.807) is 14.2 Å². The van der Waals surface area contributed by atoms with Crippen LogP contribution in [0.25, 0.3) is 16.9 Å². The molecule has 0 aliphatic carbocycles. The van der Waals surface area contributed by atoms with Crippen LogP contribution in [0.1, 0.15) is 43.1 Å². The number of methoxy groups -OCH3 is 1. The number of imidazole rings is 2. The van der Waals surface area contributed by atoms with Crippen molar-refractivity contribution in [2.45, 2.75) is 53.1 Å². The molecule has 0 spiro atoms. The van der Waals surface area contributed by atoms with Crippen LogP contribution in [0.15, 0.2) is 33.9 Å². The smallest absolute Gasteiger partial charge is 0.332 e. The molecule has 0 bridgehead atoms. The molecule has 0 aliphatic heterocycles. The zero-order chi connectivity index (χ0) is 22.3. The standard InChI is InChI=1S/C23H29N5O3/c1-6-7-8-13-26-21(29)19-20(25(4)23(26)30)24-22-27(15(2)16(3)28(19)22)14-17-9-11-18(31-5)12-10-17/h9-12H,6-8,13-14H2,1-5H3. The number of hydrogen-bond donors (Lipinski definition) is 0. The lowest BCUT2D eigenvalue weighted by Gasteiger charge is -2.08. The van der Waals surface area contributed by atoms with Gasteiger partial charge in [0.15, 0.2) is 11.2 Å². The molecule has 3 aromatic heterocycles. The van der Waals surface area contributed by atoms with E-state index in [4.69, 9.17) is 9.72 Å². The molecule has 0 saturated carbocycles. The monoisotopic (exact) mass is 423 g/mol. The van der Waals surface area contributed by atoms with Gasteiger partial charge in [0.25, 0.3) is 5.56 Å². The van der Waals surface area contributed by atoms with E-state index in [1.807, 2.05) is 42.5 Å². The minimum atomic E-state index is -0.314. The summed E-state index contributed by atoms with van der Waals surface area (Å²) in [5, 5.41) is 0. The van der Waals surface area contributed by atoms with E-state index in [9.17, 15) is 9.59 Å². The summed E-state index contributed by atoms with van der Waals surface area (Å²) in [7, 11) is 3.33. The van der Waals surface area contributed by atoms with Crippen LogP contribution >= 0.6 is 0 Å². The van der Waals surface area contributed by atoms with Crippen molar-refractivity contribution in [3.63, 3.8) is 0 Å². The minimum absolute atomic E-state index is 0.272. The maximum atomic E-state index is 13.3. The molecule has 8 heteroatoms. The third-order valence-electron chi connectivity index (χ3n) is 6.11. The van der Waals surface area contributed by atoms with Crippen LogP contribution in [0.2, 0.25) is 0 Å². The van der Waals surface area contributed by atoms with E-state index >= 15 is 0 Å². The quantitative estimate of drug-likeness (QED) is 0.428. The highest BCUT2D eigenvalue weighted by molar-refractivity contribution is 5.76. The van der Waals surface area contributed by atoms with Crippen LogP contribution in [0.4, 0.5) is 0 Å². The lowest BCUT2D eigenvalue weighted by Crippen LogP contribution is -2.39. The first-order valence-corrected chi connectivity index (χ1v) is 10.7. The second kappa shape index (κ2) is 8.09. The van der Waals surface area contributed by atoms with Gasteiger partial charge in [-0.2, -0.15) is 4.98 Å². The molecule has 0 amide bonds. The summed E-state index contributed by atoms with van der Waals surface area (Å²) in [6, 6.07) is 7.89. The van der Waals surface area contributed by atoms with Crippen LogP contribution in [-0.2, 0) is 20.1 Å². The Bertz CT molecular complexity index is 1370. The van der Waals surface area contributed by atoms with Crippen molar-refractivity contribution in [2.75, 3.05) is 7.11 Å². The summed E-state index contributed by atoms with van der Waals surface area (Å²) in [5.41, 5.74) is 3.37. The molecular formula is C23H29N5O3. The van der Waals surface area contributed by atoms with Gasteiger partial charge in [-0.1, -0.05) is 31.9 Å². The van der Waals surface area contributed by atoms with Crippen LogP contribution < -0.4 is 16.0 Å².